The lowest BCUT2D eigenvalue weighted by Crippen LogP contribution is -2.01. The molecule has 0 saturated heterocycles. The summed E-state index contributed by atoms with van der Waals surface area (Å²) in [4.78, 5) is -0.168. The maximum Gasteiger partial charge on any atom is 0.296 e. The molecule has 7 heteroatoms. The first-order chi connectivity index (χ1) is 13.9. The molecule has 0 aliphatic rings. The Morgan fingerprint density at radius 3 is 1.62 bits per heavy atom. The molecule has 0 atom stereocenters. The fraction of sp³-hybridized carbons (Fsp3) is 0.727. The minimum absolute atomic E-state index is 0.0149. The molecule has 0 aliphatic carbocycles. The van der Waals surface area contributed by atoms with Gasteiger partial charge >= 0.3 is 0 Å². The number of hydrogen-bond acceptors (Lipinski definition) is 5. The number of rotatable bonds is 16. The van der Waals surface area contributed by atoms with Crippen molar-refractivity contribution in [2.45, 2.75) is 108 Å². The lowest BCUT2D eigenvalue weighted by Gasteiger charge is -2.12. The van der Waals surface area contributed by atoms with Gasteiger partial charge in [0.2, 0.25) is 0 Å². The molecule has 0 fully saturated rings. The fourth-order valence-corrected chi connectivity index (χ4v) is 7.30. The SMILES string of the molecule is CCCCCCCCCCCCCCCCc1c(O)cc(S(=O)(=O)O)c2ssc12. The third-order valence-electron chi connectivity index (χ3n) is 5.55. The van der Waals surface area contributed by atoms with Crippen LogP contribution in [-0.2, 0) is 16.5 Å². The summed E-state index contributed by atoms with van der Waals surface area (Å²) in [6, 6.07) is 1.19. The van der Waals surface area contributed by atoms with Crippen LogP contribution < -0.4 is 0 Å². The van der Waals surface area contributed by atoms with E-state index in [2.05, 4.69) is 6.92 Å². The van der Waals surface area contributed by atoms with E-state index in [-0.39, 0.29) is 10.6 Å². The van der Waals surface area contributed by atoms with Crippen LogP contribution >= 0.6 is 20.7 Å². The van der Waals surface area contributed by atoms with Crippen LogP contribution in [-0.4, -0.2) is 18.1 Å². The molecule has 0 spiro atoms. The number of phenols is 1. The predicted octanol–water partition coefficient (Wildman–Crippen LogP) is 7.94. The molecule has 1 heterocycles. The van der Waals surface area contributed by atoms with Crippen molar-refractivity contribution < 1.29 is 18.1 Å². The first kappa shape index (κ1) is 24.6. The van der Waals surface area contributed by atoms with Gasteiger partial charge < -0.3 is 5.11 Å². The number of benzene rings is 1. The zero-order valence-electron chi connectivity index (χ0n) is 17.6. The van der Waals surface area contributed by atoms with Crippen LogP contribution in [0.3, 0.4) is 0 Å². The highest BCUT2D eigenvalue weighted by Gasteiger charge is 2.22. The Hall–Kier alpha value is -0.630. The molecule has 2 rings (SSSR count). The summed E-state index contributed by atoms with van der Waals surface area (Å²) in [5, 5.41) is 10.2. The van der Waals surface area contributed by atoms with Gasteiger partial charge in [0, 0.05) is 11.6 Å². The number of phenolic OH excluding ortho intramolecular Hbond substituents is 1. The molecule has 0 saturated carbocycles. The molecular formula is C22H36O4S3. The number of fused-ring (bicyclic) bond motifs is 1. The van der Waals surface area contributed by atoms with Crippen LogP contribution in [0, 0.1) is 0 Å². The lowest BCUT2D eigenvalue weighted by atomic mass is 10.0. The average Bonchev–Trinajstić information content (AvgIpc) is 2.64. The Balaban J connectivity index is 1.55. The maximum absolute atomic E-state index is 11.4. The molecule has 1 aromatic carbocycles. The second kappa shape index (κ2) is 12.9. The van der Waals surface area contributed by atoms with E-state index >= 15 is 0 Å². The van der Waals surface area contributed by atoms with E-state index in [0.29, 0.717) is 4.70 Å². The summed E-state index contributed by atoms with van der Waals surface area (Å²) in [7, 11) is -1.48. The molecule has 0 amide bonds. The summed E-state index contributed by atoms with van der Waals surface area (Å²) in [6.07, 6.45) is 19.1. The predicted molar refractivity (Wildman–Crippen MR) is 125 cm³/mol. The van der Waals surface area contributed by atoms with Gasteiger partial charge in [0.15, 0.2) is 0 Å². The van der Waals surface area contributed by atoms with Crippen LogP contribution in [0.15, 0.2) is 11.0 Å². The van der Waals surface area contributed by atoms with Crippen molar-refractivity contribution in [1.29, 1.82) is 0 Å². The molecule has 166 valence electrons. The number of hydrogen-bond donors (Lipinski definition) is 2. The Bertz CT molecular complexity index is 821. The van der Waals surface area contributed by atoms with Crippen LogP contribution in [0.1, 0.15) is 102 Å². The quantitative estimate of drug-likeness (QED) is 0.151. The van der Waals surface area contributed by atoms with Gasteiger partial charge in [0.05, 0.1) is 9.40 Å². The summed E-state index contributed by atoms with van der Waals surface area (Å²) in [5.41, 5.74) is 0.829. The molecular weight excluding hydrogens is 424 g/mol. The zero-order valence-corrected chi connectivity index (χ0v) is 20.1. The smallest absolute Gasteiger partial charge is 0.296 e. The third kappa shape index (κ3) is 8.19. The molecule has 4 nitrogen and oxygen atoms in total. The maximum atomic E-state index is 11.4. The van der Waals surface area contributed by atoms with E-state index in [1.807, 2.05) is 0 Å². The van der Waals surface area contributed by atoms with Crippen LogP contribution in [0.2, 0.25) is 0 Å². The van der Waals surface area contributed by atoms with Crippen LogP contribution in [0.4, 0.5) is 0 Å². The molecule has 0 unspecified atom stereocenters. The standard InChI is InChI=1S/C22H36O4S3/c1-2-3-4-5-6-7-8-9-10-11-12-13-14-15-16-18-19(23)17-20(29(24,25)26)22-21(18)27-28-22/h17,23H,2-16H2,1H3,(H,24,25,26). The van der Waals surface area contributed by atoms with Crippen molar-refractivity contribution in [2.75, 3.05) is 0 Å². The van der Waals surface area contributed by atoms with Gasteiger partial charge in [0.1, 0.15) is 10.6 Å². The third-order valence-corrected chi connectivity index (χ3v) is 9.23. The van der Waals surface area contributed by atoms with Gasteiger partial charge in [-0.3, -0.25) is 4.55 Å². The summed E-state index contributed by atoms with van der Waals surface area (Å²) in [5.74, 6) is -0.0149. The van der Waals surface area contributed by atoms with Crippen LogP contribution in [0.5, 0.6) is 5.75 Å². The van der Waals surface area contributed by atoms with E-state index in [1.54, 1.807) is 0 Å². The highest BCUT2D eigenvalue weighted by molar-refractivity contribution is 7.87. The van der Waals surface area contributed by atoms with Crippen molar-refractivity contribution in [2.24, 2.45) is 0 Å². The largest absolute Gasteiger partial charge is 0.508 e. The summed E-state index contributed by atoms with van der Waals surface area (Å²) < 4.78 is 33.5. The van der Waals surface area contributed by atoms with Gasteiger partial charge in [-0.2, -0.15) is 8.42 Å². The Morgan fingerprint density at radius 2 is 1.21 bits per heavy atom. The normalized spacial score (nSPS) is 12.2. The molecule has 0 radical (unpaired) electrons. The van der Waals surface area contributed by atoms with Crippen molar-refractivity contribution in [3.8, 4) is 5.75 Å². The summed E-state index contributed by atoms with van der Waals surface area (Å²) in [6.45, 7) is 2.26. The number of unbranched alkanes of at least 4 members (excludes halogenated alkanes) is 13. The van der Waals surface area contributed by atoms with Crippen molar-refractivity contribution in [1.82, 2.24) is 0 Å². The van der Waals surface area contributed by atoms with Crippen molar-refractivity contribution in [3.05, 3.63) is 11.6 Å². The molecule has 2 aromatic rings. The molecule has 0 aliphatic heterocycles. The van der Waals surface area contributed by atoms with E-state index in [0.717, 1.165) is 29.5 Å². The zero-order chi connectivity index (χ0) is 21.1. The van der Waals surface area contributed by atoms with E-state index in [4.69, 9.17) is 0 Å². The first-order valence-electron chi connectivity index (χ1n) is 11.2. The van der Waals surface area contributed by atoms with Crippen LogP contribution in [0.25, 0.3) is 9.40 Å². The Labute approximate surface area is 183 Å². The van der Waals surface area contributed by atoms with Gasteiger partial charge in [-0.1, -0.05) is 111 Å². The second-order valence-corrected chi connectivity index (χ2v) is 11.6. The lowest BCUT2D eigenvalue weighted by molar-refractivity contribution is 0.461. The number of aryl methyl sites for hydroxylation is 1. The van der Waals surface area contributed by atoms with Crippen molar-refractivity contribution >= 4 is 40.2 Å². The minimum atomic E-state index is -4.29. The molecule has 0 bridgehead atoms. The van der Waals surface area contributed by atoms with Gasteiger partial charge in [-0.05, 0) is 12.8 Å². The molecule has 2 N–H and O–H groups in total. The topological polar surface area (TPSA) is 74.6 Å². The van der Waals surface area contributed by atoms with E-state index in [1.165, 1.54) is 104 Å². The molecule has 1 aromatic heterocycles. The van der Waals surface area contributed by atoms with Gasteiger partial charge in [-0.15, -0.1) is 0 Å². The number of aromatic hydroxyl groups is 1. The fourth-order valence-electron chi connectivity index (χ4n) is 3.79. The monoisotopic (exact) mass is 460 g/mol. The highest BCUT2D eigenvalue weighted by atomic mass is 32.9. The first-order valence-corrected chi connectivity index (χ1v) is 14.7. The minimum Gasteiger partial charge on any atom is -0.508 e. The average molecular weight is 461 g/mol. The van der Waals surface area contributed by atoms with Gasteiger partial charge in [-0.25, -0.2) is 0 Å². The Morgan fingerprint density at radius 1 is 0.759 bits per heavy atom. The van der Waals surface area contributed by atoms with E-state index < -0.39 is 10.1 Å². The highest BCUT2D eigenvalue weighted by Crippen LogP contribution is 2.43. The molecule has 29 heavy (non-hydrogen) atoms. The van der Waals surface area contributed by atoms with E-state index in [9.17, 15) is 18.1 Å². The van der Waals surface area contributed by atoms with Crippen molar-refractivity contribution in [3.63, 3.8) is 0 Å². The summed E-state index contributed by atoms with van der Waals surface area (Å²) >= 11 is 0. The van der Waals surface area contributed by atoms with Gasteiger partial charge in [0.25, 0.3) is 10.1 Å². The second-order valence-electron chi connectivity index (χ2n) is 8.02. The Kier molecular flexibility index (Phi) is 11.0.